The lowest BCUT2D eigenvalue weighted by Crippen LogP contribution is -2.46. The Labute approximate surface area is 98.3 Å². The van der Waals surface area contributed by atoms with E-state index < -0.39 is 0 Å². The predicted molar refractivity (Wildman–Crippen MR) is 64.4 cm³/mol. The second kappa shape index (κ2) is 6.86. The molecule has 1 N–H and O–H groups in total. The van der Waals surface area contributed by atoms with E-state index in [-0.39, 0.29) is 18.1 Å². The molecule has 1 saturated heterocycles. The molecule has 1 heterocycles. The van der Waals surface area contributed by atoms with Crippen LogP contribution in [0.3, 0.4) is 0 Å². The van der Waals surface area contributed by atoms with Gasteiger partial charge in [0, 0.05) is 19.7 Å². The fourth-order valence-electron chi connectivity index (χ4n) is 2.04. The van der Waals surface area contributed by atoms with Crippen molar-refractivity contribution in [3.8, 4) is 0 Å². The van der Waals surface area contributed by atoms with Gasteiger partial charge < -0.3 is 15.0 Å². The second-order valence-corrected chi connectivity index (χ2v) is 4.65. The SMILES string of the molecule is COC(C)C(=O)NC(C)CN1CCCCC1. The molecule has 0 aliphatic carbocycles. The number of nitrogens with zero attached hydrogens (tertiary/aromatic N) is 1. The minimum Gasteiger partial charge on any atom is -0.372 e. The first-order valence-corrected chi connectivity index (χ1v) is 6.19. The van der Waals surface area contributed by atoms with Crippen LogP contribution in [0.25, 0.3) is 0 Å². The van der Waals surface area contributed by atoms with E-state index in [0.29, 0.717) is 0 Å². The summed E-state index contributed by atoms with van der Waals surface area (Å²) in [5, 5.41) is 2.97. The molecule has 4 nitrogen and oxygen atoms in total. The Morgan fingerprint density at radius 3 is 2.50 bits per heavy atom. The maximum Gasteiger partial charge on any atom is 0.249 e. The molecule has 0 saturated carbocycles. The molecule has 94 valence electrons. The molecule has 1 aliphatic heterocycles. The van der Waals surface area contributed by atoms with Crippen molar-refractivity contribution in [2.24, 2.45) is 0 Å². The molecule has 2 atom stereocenters. The molecule has 0 aromatic rings. The van der Waals surface area contributed by atoms with Crippen LogP contribution < -0.4 is 5.32 Å². The molecule has 0 radical (unpaired) electrons. The monoisotopic (exact) mass is 228 g/mol. The molecule has 1 rings (SSSR count). The lowest BCUT2D eigenvalue weighted by Gasteiger charge is -2.29. The van der Waals surface area contributed by atoms with Crippen LogP contribution in [0.5, 0.6) is 0 Å². The highest BCUT2D eigenvalue weighted by Gasteiger charge is 2.17. The third-order valence-electron chi connectivity index (χ3n) is 3.09. The highest BCUT2D eigenvalue weighted by molar-refractivity contribution is 5.80. The first kappa shape index (κ1) is 13.5. The number of hydrogen-bond acceptors (Lipinski definition) is 3. The van der Waals surface area contributed by atoms with Crippen LogP contribution in [0.4, 0.5) is 0 Å². The average Bonchev–Trinajstić information content (AvgIpc) is 2.29. The van der Waals surface area contributed by atoms with Gasteiger partial charge in [0.25, 0.3) is 0 Å². The largest absolute Gasteiger partial charge is 0.372 e. The Morgan fingerprint density at radius 1 is 1.31 bits per heavy atom. The molecule has 16 heavy (non-hydrogen) atoms. The standard InChI is InChI=1S/C12H24N2O2/c1-10(13-12(15)11(2)16-3)9-14-7-5-4-6-8-14/h10-11H,4-9H2,1-3H3,(H,13,15). The first-order valence-electron chi connectivity index (χ1n) is 6.19. The highest BCUT2D eigenvalue weighted by atomic mass is 16.5. The van der Waals surface area contributed by atoms with E-state index in [1.54, 1.807) is 14.0 Å². The third kappa shape index (κ3) is 4.49. The lowest BCUT2D eigenvalue weighted by molar-refractivity contribution is -0.130. The van der Waals surface area contributed by atoms with E-state index in [2.05, 4.69) is 17.1 Å². The van der Waals surface area contributed by atoms with Crippen LogP contribution >= 0.6 is 0 Å². The van der Waals surface area contributed by atoms with Crippen molar-refractivity contribution in [2.45, 2.75) is 45.3 Å². The second-order valence-electron chi connectivity index (χ2n) is 4.65. The van der Waals surface area contributed by atoms with Gasteiger partial charge in [-0.3, -0.25) is 4.79 Å². The van der Waals surface area contributed by atoms with Crippen molar-refractivity contribution in [1.29, 1.82) is 0 Å². The van der Waals surface area contributed by atoms with Crippen molar-refractivity contribution in [3.63, 3.8) is 0 Å². The van der Waals surface area contributed by atoms with Gasteiger partial charge in [-0.2, -0.15) is 0 Å². The van der Waals surface area contributed by atoms with Gasteiger partial charge in [-0.05, 0) is 39.8 Å². The topological polar surface area (TPSA) is 41.6 Å². The van der Waals surface area contributed by atoms with Crippen molar-refractivity contribution < 1.29 is 9.53 Å². The maximum absolute atomic E-state index is 11.6. The van der Waals surface area contributed by atoms with Crippen LogP contribution in [0.15, 0.2) is 0 Å². The minimum atomic E-state index is -0.358. The number of likely N-dealkylation sites (tertiary alicyclic amines) is 1. The van der Waals surface area contributed by atoms with Gasteiger partial charge in [-0.25, -0.2) is 0 Å². The third-order valence-corrected chi connectivity index (χ3v) is 3.09. The van der Waals surface area contributed by atoms with Gasteiger partial charge >= 0.3 is 0 Å². The number of ether oxygens (including phenoxy) is 1. The summed E-state index contributed by atoms with van der Waals surface area (Å²) in [6.45, 7) is 7.10. The normalized spacial score (nSPS) is 21.4. The molecule has 0 spiro atoms. The molecular weight excluding hydrogens is 204 g/mol. The summed E-state index contributed by atoms with van der Waals surface area (Å²) in [5.41, 5.74) is 0. The molecular formula is C12H24N2O2. The van der Waals surface area contributed by atoms with Gasteiger partial charge in [0.2, 0.25) is 5.91 Å². The van der Waals surface area contributed by atoms with E-state index >= 15 is 0 Å². The number of hydrogen-bond donors (Lipinski definition) is 1. The van der Waals surface area contributed by atoms with E-state index in [9.17, 15) is 4.79 Å². The molecule has 1 aliphatic rings. The Kier molecular flexibility index (Phi) is 5.77. The van der Waals surface area contributed by atoms with Gasteiger partial charge in [0.15, 0.2) is 0 Å². The van der Waals surface area contributed by atoms with Crippen molar-refractivity contribution >= 4 is 5.91 Å². The summed E-state index contributed by atoms with van der Waals surface area (Å²) in [6, 6.07) is 0.197. The summed E-state index contributed by atoms with van der Waals surface area (Å²) in [7, 11) is 1.56. The Bertz CT molecular complexity index is 215. The van der Waals surface area contributed by atoms with Crippen molar-refractivity contribution in [3.05, 3.63) is 0 Å². The molecule has 1 fully saturated rings. The van der Waals surface area contributed by atoms with Gasteiger partial charge in [0.1, 0.15) is 6.10 Å². The number of carbonyl (C=O) groups excluding carboxylic acids is 1. The molecule has 1 amide bonds. The molecule has 0 aromatic heterocycles. The van der Waals surface area contributed by atoms with E-state index in [0.717, 1.165) is 6.54 Å². The predicted octanol–water partition coefficient (Wildman–Crippen LogP) is 1.01. The van der Waals surface area contributed by atoms with Crippen molar-refractivity contribution in [1.82, 2.24) is 10.2 Å². The molecule has 2 unspecified atom stereocenters. The quantitative estimate of drug-likeness (QED) is 0.763. The Hall–Kier alpha value is -0.610. The summed E-state index contributed by atoms with van der Waals surface area (Å²) < 4.78 is 4.98. The van der Waals surface area contributed by atoms with Gasteiger partial charge in [0.05, 0.1) is 0 Å². The van der Waals surface area contributed by atoms with Crippen LogP contribution in [0, 0.1) is 0 Å². The summed E-state index contributed by atoms with van der Waals surface area (Å²) in [4.78, 5) is 14.0. The highest BCUT2D eigenvalue weighted by Crippen LogP contribution is 2.08. The number of carbonyl (C=O) groups is 1. The van der Waals surface area contributed by atoms with Gasteiger partial charge in [-0.15, -0.1) is 0 Å². The van der Waals surface area contributed by atoms with Crippen LogP contribution in [-0.2, 0) is 9.53 Å². The number of nitrogens with one attached hydrogen (secondary N) is 1. The fraction of sp³-hybridized carbons (Fsp3) is 0.917. The Morgan fingerprint density at radius 2 is 1.94 bits per heavy atom. The first-order chi connectivity index (χ1) is 7.63. The van der Waals surface area contributed by atoms with Crippen molar-refractivity contribution in [2.75, 3.05) is 26.7 Å². The van der Waals surface area contributed by atoms with E-state index in [1.165, 1.54) is 32.4 Å². The summed E-state index contributed by atoms with van der Waals surface area (Å²) >= 11 is 0. The smallest absolute Gasteiger partial charge is 0.249 e. The zero-order chi connectivity index (χ0) is 12.0. The summed E-state index contributed by atoms with van der Waals surface area (Å²) in [5.74, 6) is -0.0213. The maximum atomic E-state index is 11.6. The summed E-state index contributed by atoms with van der Waals surface area (Å²) in [6.07, 6.45) is 3.56. The zero-order valence-corrected chi connectivity index (χ0v) is 10.7. The lowest BCUT2D eigenvalue weighted by atomic mass is 10.1. The average molecular weight is 228 g/mol. The van der Waals surface area contributed by atoms with Gasteiger partial charge in [-0.1, -0.05) is 6.42 Å². The van der Waals surface area contributed by atoms with Crippen LogP contribution in [0.2, 0.25) is 0 Å². The fourth-order valence-corrected chi connectivity index (χ4v) is 2.04. The van der Waals surface area contributed by atoms with Crippen LogP contribution in [0.1, 0.15) is 33.1 Å². The van der Waals surface area contributed by atoms with Crippen LogP contribution in [-0.4, -0.2) is 49.7 Å². The number of piperidine rings is 1. The minimum absolute atomic E-state index is 0.0213. The van der Waals surface area contributed by atoms with E-state index in [4.69, 9.17) is 4.74 Å². The number of amides is 1. The zero-order valence-electron chi connectivity index (χ0n) is 10.7. The Balaban J connectivity index is 2.23. The number of rotatable bonds is 5. The number of methoxy groups -OCH3 is 1. The molecule has 0 aromatic carbocycles. The molecule has 0 bridgehead atoms. The molecule has 4 heteroatoms. The van der Waals surface area contributed by atoms with E-state index in [1.807, 2.05) is 0 Å².